The van der Waals surface area contributed by atoms with Crippen molar-refractivity contribution in [2.24, 2.45) is 0 Å². The number of hydrogen-bond donors (Lipinski definition) is 1. The molecule has 6 heteroatoms. The Bertz CT molecular complexity index is 824. The molecule has 1 fully saturated rings. The van der Waals surface area contributed by atoms with E-state index in [1.165, 1.54) is 0 Å². The average Bonchev–Trinajstić information content (AvgIpc) is 2.62. The third-order valence-corrected chi connectivity index (χ3v) is 3.99. The molecule has 2 atom stereocenters. The molecule has 1 aliphatic rings. The molecule has 24 heavy (non-hydrogen) atoms. The Balaban J connectivity index is 2.08. The topological polar surface area (TPSA) is 81.6 Å². The summed E-state index contributed by atoms with van der Waals surface area (Å²) in [7, 11) is 1.57. The molecule has 0 aliphatic carbocycles. The first-order chi connectivity index (χ1) is 11.7. The van der Waals surface area contributed by atoms with Crippen LogP contribution in [-0.2, 0) is 9.59 Å². The van der Waals surface area contributed by atoms with Gasteiger partial charge in [0, 0.05) is 12.1 Å². The Labute approximate surface area is 138 Å². The molecular weight excluding hydrogens is 306 g/mol. The van der Waals surface area contributed by atoms with E-state index in [1.54, 1.807) is 66.3 Å². The first-order valence-electron chi connectivity index (χ1n) is 7.37. The molecule has 1 N–H and O–H groups in total. The van der Waals surface area contributed by atoms with Gasteiger partial charge in [0.25, 0.3) is 5.91 Å². The van der Waals surface area contributed by atoms with Gasteiger partial charge in [-0.05, 0) is 17.7 Å². The monoisotopic (exact) mass is 321 g/mol. The number of piperidine rings is 1. The van der Waals surface area contributed by atoms with Gasteiger partial charge in [0.1, 0.15) is 17.4 Å². The minimum atomic E-state index is -0.716. The van der Waals surface area contributed by atoms with Crippen molar-refractivity contribution in [3.8, 4) is 5.75 Å². The second-order valence-electron chi connectivity index (χ2n) is 5.34. The van der Waals surface area contributed by atoms with E-state index in [-0.39, 0.29) is 5.57 Å². The van der Waals surface area contributed by atoms with Crippen LogP contribution in [0.1, 0.15) is 17.6 Å². The van der Waals surface area contributed by atoms with Crippen molar-refractivity contribution in [1.29, 1.82) is 0 Å². The normalized spacial score (nSPS) is 20.3. The smallest absolute Gasteiger partial charge is 0.261 e. The lowest BCUT2D eigenvalue weighted by atomic mass is 9.88. The number of hydrogen-bond acceptors (Lipinski definition) is 3. The van der Waals surface area contributed by atoms with Crippen LogP contribution in [0.25, 0.3) is 5.41 Å². The lowest BCUT2D eigenvalue weighted by Crippen LogP contribution is -2.56. The van der Waals surface area contributed by atoms with E-state index in [1.807, 2.05) is 6.07 Å². The lowest BCUT2D eigenvalue weighted by molar-refractivity contribution is -0.712. The number of rotatable bonds is 3. The molecule has 1 amide bonds. The summed E-state index contributed by atoms with van der Waals surface area (Å²) in [4.78, 5) is 24.8. The molecule has 1 saturated heterocycles. The number of pyridine rings is 1. The summed E-state index contributed by atoms with van der Waals surface area (Å²) in [5, 5.41) is 11.9. The predicted molar refractivity (Wildman–Crippen MR) is 86.4 cm³/mol. The highest BCUT2D eigenvalue weighted by Crippen LogP contribution is 2.30. The van der Waals surface area contributed by atoms with Crippen LogP contribution in [0, 0.1) is 0 Å². The highest BCUT2D eigenvalue weighted by Gasteiger charge is 2.45. The van der Waals surface area contributed by atoms with Crippen LogP contribution >= 0.6 is 0 Å². The minimum absolute atomic E-state index is 0.374. The zero-order valence-corrected chi connectivity index (χ0v) is 13.0. The largest absolute Gasteiger partial charge is 0.763 e. The molecule has 0 radical (unpaired) electrons. The van der Waals surface area contributed by atoms with Crippen molar-refractivity contribution in [3.63, 3.8) is 0 Å². The highest BCUT2D eigenvalue weighted by atomic mass is 16.5. The van der Waals surface area contributed by atoms with Gasteiger partial charge in [0.05, 0.1) is 7.11 Å². The molecule has 2 heterocycles. The van der Waals surface area contributed by atoms with Crippen LogP contribution in [0.15, 0.2) is 60.4 Å². The quantitative estimate of drug-likeness (QED) is 0.398. The molecule has 1 aliphatic heterocycles. The summed E-state index contributed by atoms with van der Waals surface area (Å²) in [5.74, 6) is 1.27. The summed E-state index contributed by atoms with van der Waals surface area (Å²) < 4.78 is 6.84. The van der Waals surface area contributed by atoms with E-state index in [2.05, 4.69) is 5.32 Å². The van der Waals surface area contributed by atoms with Gasteiger partial charge in [-0.1, -0.05) is 18.2 Å². The maximum absolute atomic E-state index is 12.7. The van der Waals surface area contributed by atoms with Gasteiger partial charge in [-0.15, -0.1) is 0 Å². The molecule has 0 bridgehead atoms. The Morgan fingerprint density at radius 1 is 1.12 bits per heavy atom. The Kier molecular flexibility index (Phi) is 4.22. The van der Waals surface area contributed by atoms with Crippen LogP contribution in [0.4, 0.5) is 0 Å². The van der Waals surface area contributed by atoms with Crippen molar-refractivity contribution in [3.05, 3.63) is 71.4 Å². The van der Waals surface area contributed by atoms with E-state index in [9.17, 15) is 9.59 Å². The molecule has 2 aromatic rings. The van der Waals surface area contributed by atoms with Crippen molar-refractivity contribution in [1.82, 2.24) is 5.32 Å². The first-order valence-corrected chi connectivity index (χ1v) is 7.37. The molecule has 0 saturated carbocycles. The van der Waals surface area contributed by atoms with E-state index in [0.717, 1.165) is 5.56 Å². The number of methoxy groups -OCH3 is 1. The summed E-state index contributed by atoms with van der Waals surface area (Å²) >= 11 is 0. The van der Waals surface area contributed by atoms with Crippen LogP contribution in [0.2, 0.25) is 0 Å². The molecule has 6 nitrogen and oxygen atoms in total. The molecule has 0 unspecified atom stereocenters. The maximum Gasteiger partial charge on any atom is 0.261 e. The van der Waals surface area contributed by atoms with Gasteiger partial charge in [0.15, 0.2) is 12.4 Å². The van der Waals surface area contributed by atoms with E-state index in [4.69, 9.17) is 10.1 Å². The number of nitrogens with zero attached hydrogens (tertiary/aromatic N) is 2. The summed E-state index contributed by atoms with van der Waals surface area (Å²) in [6, 6.07) is 11.3. The Morgan fingerprint density at radius 3 is 2.38 bits per heavy atom. The number of ketones is 1. The zero-order chi connectivity index (χ0) is 17.1. The van der Waals surface area contributed by atoms with Crippen molar-refractivity contribution in [2.45, 2.75) is 12.1 Å². The fraction of sp³-hybridized carbons (Fsp3) is 0.167. The second-order valence-corrected chi connectivity index (χ2v) is 5.34. The number of carbonyl (C=O) groups excluding carboxylic acids is 2. The fourth-order valence-corrected chi connectivity index (χ4v) is 2.79. The lowest BCUT2D eigenvalue weighted by Gasteiger charge is -2.28. The van der Waals surface area contributed by atoms with E-state index >= 15 is 0 Å². The van der Waals surface area contributed by atoms with Gasteiger partial charge in [-0.2, -0.15) is 4.57 Å². The van der Waals surface area contributed by atoms with Crippen molar-refractivity contribution < 1.29 is 18.9 Å². The average molecular weight is 321 g/mol. The van der Waals surface area contributed by atoms with Gasteiger partial charge >= 0.3 is 0 Å². The van der Waals surface area contributed by atoms with E-state index < -0.39 is 23.8 Å². The van der Waals surface area contributed by atoms with Gasteiger partial charge in [-0.25, -0.2) is 0 Å². The minimum Gasteiger partial charge on any atom is -0.763 e. The van der Waals surface area contributed by atoms with Crippen LogP contribution in [0.5, 0.6) is 5.75 Å². The van der Waals surface area contributed by atoms with Crippen molar-refractivity contribution >= 4 is 17.6 Å². The maximum atomic E-state index is 12.7. The second kappa shape index (κ2) is 6.48. The molecular formula is C18H15N3O3. The first kappa shape index (κ1) is 15.6. The summed E-state index contributed by atoms with van der Waals surface area (Å²) in [6.07, 6.45) is 3.48. The number of aromatic nitrogens is 1. The summed E-state index contributed by atoms with van der Waals surface area (Å²) in [5.41, 5.74) is 0.386. The molecule has 120 valence electrons. The number of amides is 1. The number of nitrogens with one attached hydrogen (secondary N) is 1. The van der Waals surface area contributed by atoms with E-state index in [0.29, 0.717) is 5.75 Å². The zero-order valence-electron chi connectivity index (χ0n) is 13.0. The number of benzene rings is 1. The SMILES string of the molecule is COc1ccc([C@@H]2NC(=O)C(=C=[N-])C(=O)[C@H]2[n+]2ccccc2)cc1. The molecule has 1 aromatic carbocycles. The highest BCUT2D eigenvalue weighted by molar-refractivity contribution is 6.28. The predicted octanol–water partition coefficient (Wildman–Crippen LogP) is 1.13. The van der Waals surface area contributed by atoms with Crippen LogP contribution in [-0.4, -0.2) is 24.7 Å². The molecule has 1 aromatic heterocycles. The third kappa shape index (κ3) is 2.71. The third-order valence-electron chi connectivity index (χ3n) is 3.99. The van der Waals surface area contributed by atoms with Crippen LogP contribution < -0.4 is 14.6 Å². The van der Waals surface area contributed by atoms with Gasteiger partial charge in [-0.3, -0.25) is 15.5 Å². The molecule has 3 rings (SSSR count). The standard InChI is InChI=1S/C18H15N3O3/c1-24-13-7-5-12(6-8-13)15-16(21-9-3-2-4-10-21)17(22)14(11-19)18(23)20-15/h2-10,15-16H,1H3,(H,20,23)/t15-,16-/m0/s1. The van der Waals surface area contributed by atoms with Crippen LogP contribution in [0.3, 0.4) is 0 Å². The number of carbonyl (C=O) groups is 2. The Morgan fingerprint density at radius 2 is 1.79 bits per heavy atom. The van der Waals surface area contributed by atoms with Gasteiger partial charge in [0.2, 0.25) is 11.8 Å². The fourth-order valence-electron chi connectivity index (χ4n) is 2.79. The molecule has 0 spiro atoms. The Hall–Kier alpha value is -3.24. The number of Topliss-reactive ketones (excluding diaryl/α,β-unsaturated/α-hetero) is 1. The van der Waals surface area contributed by atoms with Gasteiger partial charge < -0.3 is 15.5 Å². The van der Waals surface area contributed by atoms with Crippen molar-refractivity contribution in [2.75, 3.05) is 7.11 Å². The summed E-state index contributed by atoms with van der Waals surface area (Å²) in [6.45, 7) is 0. The number of ether oxygens (including phenoxy) is 1.